The van der Waals surface area contributed by atoms with Crippen LogP contribution in [0, 0.1) is 5.92 Å². The summed E-state index contributed by atoms with van der Waals surface area (Å²) in [5.74, 6) is -0.375. The van der Waals surface area contributed by atoms with Crippen molar-refractivity contribution in [3.63, 3.8) is 0 Å². The molecule has 6 heteroatoms. The number of rotatable bonds is 7. The van der Waals surface area contributed by atoms with Crippen molar-refractivity contribution in [3.05, 3.63) is 29.8 Å². The van der Waals surface area contributed by atoms with Crippen molar-refractivity contribution in [2.24, 2.45) is 5.92 Å². The van der Waals surface area contributed by atoms with Crippen LogP contribution in [-0.4, -0.2) is 37.9 Å². The lowest BCUT2D eigenvalue weighted by molar-refractivity contribution is -0.143. The third-order valence-electron chi connectivity index (χ3n) is 4.16. The van der Waals surface area contributed by atoms with Gasteiger partial charge in [0.05, 0.1) is 7.11 Å². The van der Waals surface area contributed by atoms with Crippen LogP contribution in [0.25, 0.3) is 0 Å². The number of hydrogen-bond acceptors (Lipinski definition) is 5. The molecule has 0 radical (unpaired) electrons. The molecule has 0 aliphatic heterocycles. The van der Waals surface area contributed by atoms with E-state index in [2.05, 4.69) is 5.32 Å². The Hall–Kier alpha value is -2.37. The second kappa shape index (κ2) is 9.05. The molecule has 1 aromatic carbocycles. The summed E-state index contributed by atoms with van der Waals surface area (Å²) in [5, 5.41) is 2.59. The zero-order valence-corrected chi connectivity index (χ0v) is 13.9. The van der Waals surface area contributed by atoms with Crippen LogP contribution in [0.4, 0.5) is 0 Å². The largest absolute Gasteiger partial charge is 0.497 e. The third kappa shape index (κ3) is 5.37. The molecule has 6 nitrogen and oxygen atoms in total. The van der Waals surface area contributed by atoms with E-state index in [1.165, 1.54) is 6.42 Å². The van der Waals surface area contributed by atoms with Gasteiger partial charge in [0.15, 0.2) is 12.4 Å². The van der Waals surface area contributed by atoms with E-state index in [4.69, 9.17) is 9.47 Å². The lowest BCUT2D eigenvalue weighted by atomic mass is 9.89. The molecule has 0 bridgehead atoms. The SMILES string of the molecule is COc1ccc(C(=O)COC(=O)CNC(=O)C2CCCCC2)cc1. The minimum absolute atomic E-state index is 0.00696. The Bertz CT molecular complexity index is 576. The average Bonchev–Trinajstić information content (AvgIpc) is 2.64. The van der Waals surface area contributed by atoms with Crippen LogP contribution in [0.3, 0.4) is 0 Å². The number of amides is 1. The summed E-state index contributed by atoms with van der Waals surface area (Å²) in [7, 11) is 1.54. The van der Waals surface area contributed by atoms with E-state index in [0.717, 1.165) is 25.7 Å². The van der Waals surface area contributed by atoms with E-state index in [0.29, 0.717) is 11.3 Å². The van der Waals surface area contributed by atoms with E-state index < -0.39 is 5.97 Å². The van der Waals surface area contributed by atoms with Crippen molar-refractivity contribution in [2.45, 2.75) is 32.1 Å². The number of nitrogens with one attached hydrogen (secondary N) is 1. The number of benzene rings is 1. The fourth-order valence-electron chi connectivity index (χ4n) is 2.73. The van der Waals surface area contributed by atoms with Crippen LogP contribution in [0.2, 0.25) is 0 Å². The number of hydrogen-bond donors (Lipinski definition) is 1. The van der Waals surface area contributed by atoms with Gasteiger partial charge in [0.25, 0.3) is 0 Å². The molecular weight excluding hydrogens is 310 g/mol. The van der Waals surface area contributed by atoms with Crippen molar-refractivity contribution >= 4 is 17.7 Å². The number of carbonyl (C=O) groups is 3. The molecule has 1 fully saturated rings. The van der Waals surface area contributed by atoms with Gasteiger partial charge in [-0.25, -0.2) is 0 Å². The van der Waals surface area contributed by atoms with Crippen LogP contribution in [0.1, 0.15) is 42.5 Å². The van der Waals surface area contributed by atoms with E-state index in [9.17, 15) is 14.4 Å². The van der Waals surface area contributed by atoms with Gasteiger partial charge in [-0.15, -0.1) is 0 Å². The second-order valence-corrected chi connectivity index (χ2v) is 5.87. The molecule has 2 rings (SSSR count). The summed E-state index contributed by atoms with van der Waals surface area (Å²) < 4.78 is 9.93. The molecule has 1 aliphatic rings. The van der Waals surface area contributed by atoms with Crippen LogP contribution in [0.15, 0.2) is 24.3 Å². The molecule has 0 atom stereocenters. The summed E-state index contributed by atoms with van der Waals surface area (Å²) in [6, 6.07) is 6.55. The lowest BCUT2D eigenvalue weighted by Crippen LogP contribution is -2.36. The fraction of sp³-hybridized carbons (Fsp3) is 0.500. The topological polar surface area (TPSA) is 81.7 Å². The standard InChI is InChI=1S/C18H23NO5/c1-23-15-9-7-13(8-10-15)16(20)12-24-17(21)11-19-18(22)14-5-3-2-4-6-14/h7-10,14H,2-6,11-12H2,1H3,(H,19,22). The van der Waals surface area contributed by atoms with Gasteiger partial charge in [-0.1, -0.05) is 19.3 Å². The number of ether oxygens (including phenoxy) is 2. The lowest BCUT2D eigenvalue weighted by Gasteiger charge is -2.20. The highest BCUT2D eigenvalue weighted by Crippen LogP contribution is 2.23. The van der Waals surface area contributed by atoms with E-state index in [1.54, 1.807) is 31.4 Å². The molecule has 1 aromatic rings. The molecular formula is C18H23NO5. The van der Waals surface area contributed by atoms with Crippen LogP contribution < -0.4 is 10.1 Å². The van der Waals surface area contributed by atoms with E-state index >= 15 is 0 Å². The molecule has 24 heavy (non-hydrogen) atoms. The van der Waals surface area contributed by atoms with Crippen LogP contribution in [0.5, 0.6) is 5.75 Å². The number of ketones is 1. The summed E-state index contributed by atoms with van der Waals surface area (Å²) >= 11 is 0. The molecule has 1 N–H and O–H groups in total. The quantitative estimate of drug-likeness (QED) is 0.610. The first-order chi connectivity index (χ1) is 11.6. The normalized spacial score (nSPS) is 14.7. The van der Waals surface area contributed by atoms with Crippen molar-refractivity contribution in [1.29, 1.82) is 0 Å². The zero-order chi connectivity index (χ0) is 17.4. The summed E-state index contributed by atoms with van der Waals surface area (Å²) in [4.78, 5) is 35.5. The first-order valence-electron chi connectivity index (χ1n) is 8.20. The minimum Gasteiger partial charge on any atom is -0.497 e. The van der Waals surface area contributed by atoms with Gasteiger partial charge >= 0.3 is 5.97 Å². The highest BCUT2D eigenvalue weighted by atomic mass is 16.5. The Labute approximate surface area is 141 Å². The van der Waals surface area contributed by atoms with Gasteiger partial charge in [-0.2, -0.15) is 0 Å². The summed E-state index contributed by atoms with van der Waals surface area (Å²) in [6.07, 6.45) is 5.02. The van der Waals surface area contributed by atoms with E-state index in [-0.39, 0.29) is 30.8 Å². The molecule has 0 heterocycles. The maximum atomic E-state index is 11.9. The van der Waals surface area contributed by atoms with Gasteiger partial charge in [-0.05, 0) is 37.1 Å². The maximum absolute atomic E-state index is 11.9. The predicted octanol–water partition coefficient (Wildman–Crippen LogP) is 2.12. The van der Waals surface area contributed by atoms with Crippen LogP contribution >= 0.6 is 0 Å². The average molecular weight is 333 g/mol. The van der Waals surface area contributed by atoms with Crippen LogP contribution in [-0.2, 0) is 14.3 Å². The number of Topliss-reactive ketones (excluding diaryl/α,β-unsaturated/α-hetero) is 1. The maximum Gasteiger partial charge on any atom is 0.325 e. The van der Waals surface area contributed by atoms with Gasteiger partial charge in [-0.3, -0.25) is 14.4 Å². The molecule has 130 valence electrons. The Morgan fingerprint density at radius 1 is 1.08 bits per heavy atom. The Morgan fingerprint density at radius 2 is 1.75 bits per heavy atom. The smallest absolute Gasteiger partial charge is 0.325 e. The monoisotopic (exact) mass is 333 g/mol. The Morgan fingerprint density at radius 3 is 2.38 bits per heavy atom. The molecule has 0 aromatic heterocycles. The summed E-state index contributed by atoms with van der Waals surface area (Å²) in [5.41, 5.74) is 0.440. The number of esters is 1. The molecule has 1 aliphatic carbocycles. The van der Waals surface area contributed by atoms with Crippen molar-refractivity contribution in [2.75, 3.05) is 20.3 Å². The van der Waals surface area contributed by atoms with E-state index in [1.807, 2.05) is 0 Å². The first-order valence-corrected chi connectivity index (χ1v) is 8.20. The molecule has 1 amide bonds. The number of carbonyl (C=O) groups excluding carboxylic acids is 3. The van der Waals surface area contributed by atoms with Crippen molar-refractivity contribution in [3.8, 4) is 5.75 Å². The molecule has 0 saturated heterocycles. The van der Waals surface area contributed by atoms with Crippen molar-refractivity contribution in [1.82, 2.24) is 5.32 Å². The van der Waals surface area contributed by atoms with Gasteiger partial charge in [0, 0.05) is 11.5 Å². The Balaban J connectivity index is 1.70. The molecule has 0 spiro atoms. The highest BCUT2D eigenvalue weighted by Gasteiger charge is 2.21. The van der Waals surface area contributed by atoms with Gasteiger partial charge < -0.3 is 14.8 Å². The summed E-state index contributed by atoms with van der Waals surface area (Å²) in [6.45, 7) is -0.546. The highest BCUT2D eigenvalue weighted by molar-refractivity contribution is 5.98. The van der Waals surface area contributed by atoms with Gasteiger partial charge in [0.1, 0.15) is 12.3 Å². The third-order valence-corrected chi connectivity index (χ3v) is 4.16. The molecule has 1 saturated carbocycles. The Kier molecular flexibility index (Phi) is 6.78. The fourth-order valence-corrected chi connectivity index (χ4v) is 2.73. The second-order valence-electron chi connectivity index (χ2n) is 5.87. The predicted molar refractivity (Wildman–Crippen MR) is 87.9 cm³/mol. The minimum atomic E-state index is -0.610. The number of methoxy groups -OCH3 is 1. The first kappa shape index (κ1) is 18.0. The van der Waals surface area contributed by atoms with Crippen molar-refractivity contribution < 1.29 is 23.9 Å². The van der Waals surface area contributed by atoms with Gasteiger partial charge in [0.2, 0.25) is 5.91 Å². The zero-order valence-electron chi connectivity index (χ0n) is 13.9. The molecule has 0 unspecified atom stereocenters.